The number of hydrogen-bond donors (Lipinski definition) is 2. The highest BCUT2D eigenvalue weighted by molar-refractivity contribution is 5.85. The summed E-state index contributed by atoms with van der Waals surface area (Å²) in [4.78, 5) is 11.9. The fraction of sp³-hybridized carbons (Fsp3) is 0.500. The molecule has 2 rings (SSSR count). The topological polar surface area (TPSA) is 50.4 Å². The van der Waals surface area contributed by atoms with Crippen molar-refractivity contribution in [3.63, 3.8) is 0 Å². The third-order valence-electron chi connectivity index (χ3n) is 2.88. The van der Waals surface area contributed by atoms with E-state index in [1.807, 2.05) is 38.1 Å². The Bertz CT molecular complexity index is 416. The maximum atomic E-state index is 11.9. The first-order valence-electron chi connectivity index (χ1n) is 6.49. The zero-order chi connectivity index (χ0) is 13.0. The van der Waals surface area contributed by atoms with Gasteiger partial charge in [0.2, 0.25) is 5.91 Å². The molecule has 1 aliphatic carbocycles. The average Bonchev–Trinajstić information content (AvgIpc) is 3.16. The minimum atomic E-state index is -0.257. The van der Waals surface area contributed by atoms with Gasteiger partial charge in [0.25, 0.3) is 0 Å². The highest BCUT2D eigenvalue weighted by Crippen LogP contribution is 2.24. The SMILES string of the molecule is CCOc1ccccc1NC(C)C(=O)NC1CC1. The summed E-state index contributed by atoms with van der Waals surface area (Å²) in [5.41, 5.74) is 0.859. The number of anilines is 1. The normalized spacial score (nSPS) is 15.9. The van der Waals surface area contributed by atoms with Gasteiger partial charge in [-0.15, -0.1) is 0 Å². The van der Waals surface area contributed by atoms with Crippen molar-refractivity contribution in [1.82, 2.24) is 5.32 Å². The van der Waals surface area contributed by atoms with E-state index in [2.05, 4.69) is 10.6 Å². The van der Waals surface area contributed by atoms with Crippen LogP contribution in [-0.4, -0.2) is 24.6 Å². The highest BCUT2D eigenvalue weighted by Gasteiger charge is 2.25. The van der Waals surface area contributed by atoms with Gasteiger partial charge in [-0.1, -0.05) is 12.1 Å². The van der Waals surface area contributed by atoms with Crippen LogP contribution in [-0.2, 0) is 4.79 Å². The van der Waals surface area contributed by atoms with Gasteiger partial charge in [-0.3, -0.25) is 4.79 Å². The predicted molar refractivity (Wildman–Crippen MR) is 71.9 cm³/mol. The predicted octanol–water partition coefficient (Wildman–Crippen LogP) is 2.16. The summed E-state index contributed by atoms with van der Waals surface area (Å²) in [6.45, 7) is 4.42. The third-order valence-corrected chi connectivity index (χ3v) is 2.88. The van der Waals surface area contributed by atoms with Crippen LogP contribution in [0.2, 0.25) is 0 Å². The van der Waals surface area contributed by atoms with Crippen LogP contribution < -0.4 is 15.4 Å². The van der Waals surface area contributed by atoms with Crippen molar-refractivity contribution in [1.29, 1.82) is 0 Å². The number of rotatable bonds is 6. The molecule has 1 aliphatic rings. The Kier molecular flexibility index (Phi) is 4.07. The third kappa shape index (κ3) is 3.39. The molecule has 2 N–H and O–H groups in total. The highest BCUT2D eigenvalue weighted by atomic mass is 16.5. The molecule has 98 valence electrons. The summed E-state index contributed by atoms with van der Waals surface area (Å²) in [6, 6.07) is 7.81. The number of benzene rings is 1. The lowest BCUT2D eigenvalue weighted by Gasteiger charge is -2.17. The summed E-state index contributed by atoms with van der Waals surface area (Å²) in [7, 11) is 0. The second kappa shape index (κ2) is 5.76. The number of carbonyl (C=O) groups is 1. The van der Waals surface area contributed by atoms with Crippen molar-refractivity contribution in [2.75, 3.05) is 11.9 Å². The fourth-order valence-electron chi connectivity index (χ4n) is 1.72. The van der Waals surface area contributed by atoms with Gasteiger partial charge in [-0.05, 0) is 38.8 Å². The van der Waals surface area contributed by atoms with Crippen molar-refractivity contribution in [2.24, 2.45) is 0 Å². The Balaban J connectivity index is 1.96. The lowest BCUT2D eigenvalue weighted by atomic mass is 10.2. The van der Waals surface area contributed by atoms with Crippen molar-refractivity contribution < 1.29 is 9.53 Å². The van der Waals surface area contributed by atoms with E-state index >= 15 is 0 Å². The lowest BCUT2D eigenvalue weighted by Crippen LogP contribution is -2.38. The summed E-state index contributed by atoms with van der Waals surface area (Å²) in [5, 5.41) is 6.17. The van der Waals surface area contributed by atoms with Gasteiger partial charge in [0.15, 0.2) is 0 Å². The van der Waals surface area contributed by atoms with Crippen molar-refractivity contribution >= 4 is 11.6 Å². The maximum absolute atomic E-state index is 11.9. The van der Waals surface area contributed by atoms with Crippen molar-refractivity contribution in [2.45, 2.75) is 38.8 Å². The first-order valence-corrected chi connectivity index (χ1v) is 6.49. The molecule has 1 amide bonds. The van der Waals surface area contributed by atoms with E-state index in [9.17, 15) is 4.79 Å². The summed E-state index contributed by atoms with van der Waals surface area (Å²) in [5.74, 6) is 0.829. The zero-order valence-corrected chi connectivity index (χ0v) is 10.9. The molecule has 1 aromatic carbocycles. The summed E-state index contributed by atoms with van der Waals surface area (Å²) in [6.07, 6.45) is 2.21. The van der Waals surface area contributed by atoms with Crippen LogP contribution in [0.25, 0.3) is 0 Å². The molecule has 0 bridgehead atoms. The number of hydrogen-bond acceptors (Lipinski definition) is 3. The van der Waals surface area contributed by atoms with Crippen LogP contribution in [0.15, 0.2) is 24.3 Å². The maximum Gasteiger partial charge on any atom is 0.242 e. The van der Waals surface area contributed by atoms with Gasteiger partial charge < -0.3 is 15.4 Å². The molecule has 1 saturated carbocycles. The number of carbonyl (C=O) groups excluding carboxylic acids is 1. The molecule has 0 radical (unpaired) electrons. The van der Waals surface area contributed by atoms with E-state index in [4.69, 9.17) is 4.74 Å². The molecule has 4 nitrogen and oxygen atoms in total. The van der Waals surface area contributed by atoms with E-state index in [-0.39, 0.29) is 11.9 Å². The monoisotopic (exact) mass is 248 g/mol. The Morgan fingerprint density at radius 1 is 1.44 bits per heavy atom. The lowest BCUT2D eigenvalue weighted by molar-refractivity contribution is -0.121. The van der Waals surface area contributed by atoms with E-state index < -0.39 is 0 Å². The molecule has 0 heterocycles. The van der Waals surface area contributed by atoms with Gasteiger partial charge in [-0.2, -0.15) is 0 Å². The quantitative estimate of drug-likeness (QED) is 0.811. The molecule has 0 aliphatic heterocycles. The van der Waals surface area contributed by atoms with Gasteiger partial charge in [0.05, 0.1) is 12.3 Å². The van der Waals surface area contributed by atoms with Gasteiger partial charge in [-0.25, -0.2) is 0 Å². The number of para-hydroxylation sites is 2. The Labute approximate surface area is 108 Å². The molecule has 0 aromatic heterocycles. The Hall–Kier alpha value is -1.71. The second-order valence-corrected chi connectivity index (χ2v) is 4.58. The van der Waals surface area contributed by atoms with Crippen LogP contribution >= 0.6 is 0 Å². The minimum Gasteiger partial charge on any atom is -0.492 e. The first kappa shape index (κ1) is 12.7. The zero-order valence-electron chi connectivity index (χ0n) is 10.9. The van der Waals surface area contributed by atoms with Crippen LogP contribution in [0.1, 0.15) is 26.7 Å². The second-order valence-electron chi connectivity index (χ2n) is 4.58. The molecular weight excluding hydrogens is 228 g/mol. The molecule has 4 heteroatoms. The molecular formula is C14H20N2O2. The minimum absolute atomic E-state index is 0.0452. The molecule has 0 spiro atoms. The summed E-state index contributed by atoms with van der Waals surface area (Å²) >= 11 is 0. The van der Waals surface area contributed by atoms with E-state index in [0.717, 1.165) is 24.3 Å². The molecule has 0 saturated heterocycles. The molecule has 1 aromatic rings. The fourth-order valence-corrected chi connectivity index (χ4v) is 1.72. The average molecular weight is 248 g/mol. The summed E-state index contributed by atoms with van der Waals surface area (Å²) < 4.78 is 5.52. The van der Waals surface area contributed by atoms with Crippen LogP contribution in [0.4, 0.5) is 5.69 Å². The van der Waals surface area contributed by atoms with Crippen LogP contribution in [0.5, 0.6) is 5.75 Å². The number of ether oxygens (including phenoxy) is 1. The molecule has 1 unspecified atom stereocenters. The first-order chi connectivity index (χ1) is 8.70. The van der Waals surface area contributed by atoms with E-state index in [0.29, 0.717) is 12.6 Å². The van der Waals surface area contributed by atoms with Crippen molar-refractivity contribution in [3.05, 3.63) is 24.3 Å². The van der Waals surface area contributed by atoms with Crippen LogP contribution in [0.3, 0.4) is 0 Å². The van der Waals surface area contributed by atoms with Crippen molar-refractivity contribution in [3.8, 4) is 5.75 Å². The van der Waals surface area contributed by atoms with E-state index in [1.54, 1.807) is 0 Å². The van der Waals surface area contributed by atoms with Crippen LogP contribution in [0, 0.1) is 0 Å². The molecule has 1 atom stereocenters. The Morgan fingerprint density at radius 3 is 2.83 bits per heavy atom. The van der Waals surface area contributed by atoms with Gasteiger partial charge in [0, 0.05) is 6.04 Å². The standard InChI is InChI=1S/C14H20N2O2/c1-3-18-13-7-5-4-6-12(13)15-10(2)14(17)16-11-8-9-11/h4-7,10-11,15H,3,8-9H2,1-2H3,(H,16,17). The number of amides is 1. The largest absolute Gasteiger partial charge is 0.492 e. The molecule has 18 heavy (non-hydrogen) atoms. The number of nitrogens with one attached hydrogen (secondary N) is 2. The van der Waals surface area contributed by atoms with E-state index in [1.165, 1.54) is 0 Å². The van der Waals surface area contributed by atoms with Gasteiger partial charge in [0.1, 0.15) is 11.8 Å². The smallest absolute Gasteiger partial charge is 0.242 e. The molecule has 1 fully saturated rings. The van der Waals surface area contributed by atoms with Gasteiger partial charge >= 0.3 is 0 Å². The Morgan fingerprint density at radius 2 is 2.17 bits per heavy atom.